The number of pyridine rings is 1. The van der Waals surface area contributed by atoms with Crippen LogP contribution in [0, 0.1) is 16.7 Å². The van der Waals surface area contributed by atoms with Crippen molar-refractivity contribution in [2.75, 3.05) is 37.6 Å². The Labute approximate surface area is 161 Å². The zero-order valence-electron chi connectivity index (χ0n) is 15.9. The van der Waals surface area contributed by atoms with Gasteiger partial charge in [-0.25, -0.2) is 4.98 Å². The lowest BCUT2D eigenvalue weighted by Gasteiger charge is -2.35. The molecule has 3 aliphatic rings. The molecule has 1 atom stereocenters. The van der Waals surface area contributed by atoms with E-state index >= 15 is 0 Å². The second-order valence-electron chi connectivity index (χ2n) is 8.21. The summed E-state index contributed by atoms with van der Waals surface area (Å²) in [6.45, 7) is 4.85. The Bertz CT molecular complexity index is 698. The fraction of sp³-hybridized carbons (Fsp3) is 0.667. The molecule has 1 saturated carbocycles. The van der Waals surface area contributed by atoms with Crippen LogP contribution in [0.2, 0.25) is 0 Å². The number of nitrogens with zero attached hydrogens (tertiary/aromatic N) is 4. The first-order chi connectivity index (χ1) is 13.2. The number of rotatable bonds is 4. The molecule has 0 aromatic carbocycles. The number of carbonyl (C=O) groups is 1. The lowest BCUT2D eigenvalue weighted by Crippen LogP contribution is -2.47. The fourth-order valence-electron chi connectivity index (χ4n) is 4.80. The van der Waals surface area contributed by atoms with Crippen LogP contribution in [0.15, 0.2) is 18.3 Å². The highest BCUT2D eigenvalue weighted by Gasteiger charge is 2.48. The number of hydrogen-bond donors (Lipinski definition) is 0. The van der Waals surface area contributed by atoms with E-state index in [4.69, 9.17) is 10.00 Å². The molecule has 3 fully saturated rings. The van der Waals surface area contributed by atoms with Crippen LogP contribution in [-0.2, 0) is 9.53 Å². The second-order valence-corrected chi connectivity index (χ2v) is 8.21. The first-order valence-corrected chi connectivity index (χ1v) is 10.2. The number of cyclic esters (lactones) is 1. The molecule has 2 saturated heterocycles. The molecular weight excluding hydrogens is 340 g/mol. The number of ether oxygens (including phenoxy) is 1. The maximum absolute atomic E-state index is 12.4. The third-order valence-electron chi connectivity index (χ3n) is 6.48. The van der Waals surface area contributed by atoms with Crippen molar-refractivity contribution in [2.24, 2.45) is 5.41 Å². The van der Waals surface area contributed by atoms with Gasteiger partial charge in [0, 0.05) is 45.3 Å². The van der Waals surface area contributed by atoms with Crippen LogP contribution in [0.25, 0.3) is 0 Å². The van der Waals surface area contributed by atoms with E-state index < -0.39 is 0 Å². The second kappa shape index (κ2) is 7.85. The Kier molecular flexibility index (Phi) is 5.31. The van der Waals surface area contributed by atoms with E-state index in [1.54, 1.807) is 6.20 Å². The summed E-state index contributed by atoms with van der Waals surface area (Å²) in [4.78, 5) is 21.5. The number of carbonyl (C=O) groups excluding carboxylic acids is 1. The summed E-state index contributed by atoms with van der Waals surface area (Å²) in [6.07, 6.45) is 9.28. The number of aromatic nitrogens is 1. The van der Waals surface area contributed by atoms with Crippen molar-refractivity contribution in [3.63, 3.8) is 0 Å². The maximum Gasteiger partial charge on any atom is 0.312 e. The summed E-state index contributed by atoms with van der Waals surface area (Å²) in [7, 11) is 0. The van der Waals surface area contributed by atoms with Gasteiger partial charge in [0.25, 0.3) is 0 Å². The average molecular weight is 368 g/mol. The zero-order chi connectivity index (χ0) is 18.7. The van der Waals surface area contributed by atoms with Crippen molar-refractivity contribution in [1.29, 1.82) is 5.26 Å². The molecule has 6 heteroatoms. The molecule has 6 nitrogen and oxygen atoms in total. The summed E-state index contributed by atoms with van der Waals surface area (Å²) < 4.78 is 5.75. The summed E-state index contributed by atoms with van der Waals surface area (Å²) >= 11 is 0. The Morgan fingerprint density at radius 2 is 1.96 bits per heavy atom. The molecule has 1 aromatic rings. The minimum absolute atomic E-state index is 0.0731. The van der Waals surface area contributed by atoms with Gasteiger partial charge in [0.05, 0.1) is 11.0 Å². The standard InChI is InChI=1S/C21H28N4O2/c22-15-17-4-5-19(23-16-17)25-12-10-24(11-13-25)9-6-18-14-21(20(26)27-18)7-2-1-3-8-21/h4-5,16,18H,1-3,6-14H2/t18-/m1/s1. The molecule has 144 valence electrons. The predicted molar refractivity (Wildman–Crippen MR) is 102 cm³/mol. The van der Waals surface area contributed by atoms with Crippen molar-refractivity contribution in [2.45, 2.75) is 51.0 Å². The molecule has 4 rings (SSSR count). The molecule has 0 radical (unpaired) electrons. The van der Waals surface area contributed by atoms with Crippen molar-refractivity contribution in [3.8, 4) is 6.07 Å². The largest absolute Gasteiger partial charge is 0.462 e. The molecule has 1 spiro atoms. The minimum atomic E-state index is -0.150. The van der Waals surface area contributed by atoms with Crippen LogP contribution in [0.5, 0.6) is 0 Å². The molecule has 27 heavy (non-hydrogen) atoms. The number of piperazine rings is 1. The third kappa shape index (κ3) is 3.93. The van der Waals surface area contributed by atoms with Gasteiger partial charge < -0.3 is 9.64 Å². The predicted octanol–water partition coefficient (Wildman–Crippen LogP) is 2.73. The normalized spacial score (nSPS) is 25.4. The Balaban J connectivity index is 1.23. The summed E-state index contributed by atoms with van der Waals surface area (Å²) in [5.74, 6) is 1.02. The van der Waals surface area contributed by atoms with Crippen molar-refractivity contribution in [3.05, 3.63) is 23.9 Å². The highest BCUT2D eigenvalue weighted by Crippen LogP contribution is 2.46. The third-order valence-corrected chi connectivity index (χ3v) is 6.48. The molecule has 0 amide bonds. The zero-order valence-corrected chi connectivity index (χ0v) is 15.9. The topological polar surface area (TPSA) is 69.5 Å². The van der Waals surface area contributed by atoms with Crippen LogP contribution >= 0.6 is 0 Å². The molecule has 1 aliphatic carbocycles. The monoisotopic (exact) mass is 368 g/mol. The van der Waals surface area contributed by atoms with Gasteiger partial charge in [0.2, 0.25) is 0 Å². The highest BCUT2D eigenvalue weighted by molar-refractivity contribution is 5.79. The summed E-state index contributed by atoms with van der Waals surface area (Å²) in [6, 6.07) is 5.86. The maximum atomic E-state index is 12.4. The van der Waals surface area contributed by atoms with Crippen LogP contribution in [0.1, 0.15) is 50.5 Å². The molecule has 1 aromatic heterocycles. The average Bonchev–Trinajstić information content (AvgIpc) is 3.02. The van der Waals surface area contributed by atoms with E-state index in [1.807, 2.05) is 12.1 Å². The van der Waals surface area contributed by atoms with Gasteiger partial charge in [0.15, 0.2) is 0 Å². The molecule has 2 aliphatic heterocycles. The minimum Gasteiger partial charge on any atom is -0.462 e. The molecular formula is C21H28N4O2. The van der Waals surface area contributed by atoms with Gasteiger partial charge >= 0.3 is 5.97 Å². The highest BCUT2D eigenvalue weighted by atomic mass is 16.6. The van der Waals surface area contributed by atoms with Crippen molar-refractivity contribution in [1.82, 2.24) is 9.88 Å². The number of hydrogen-bond acceptors (Lipinski definition) is 6. The Morgan fingerprint density at radius 3 is 2.63 bits per heavy atom. The lowest BCUT2D eigenvalue weighted by atomic mass is 9.72. The quantitative estimate of drug-likeness (QED) is 0.761. The van der Waals surface area contributed by atoms with Crippen LogP contribution in [-0.4, -0.2) is 54.7 Å². The molecule has 0 bridgehead atoms. The van der Waals surface area contributed by atoms with E-state index in [0.717, 1.165) is 64.2 Å². The van der Waals surface area contributed by atoms with Crippen LogP contribution in [0.4, 0.5) is 5.82 Å². The molecule has 3 heterocycles. The van der Waals surface area contributed by atoms with Gasteiger partial charge in [-0.2, -0.15) is 5.26 Å². The van der Waals surface area contributed by atoms with Gasteiger partial charge in [0.1, 0.15) is 18.0 Å². The number of nitriles is 1. The van der Waals surface area contributed by atoms with Gasteiger partial charge in [-0.15, -0.1) is 0 Å². The van der Waals surface area contributed by atoms with Crippen molar-refractivity contribution < 1.29 is 9.53 Å². The summed E-state index contributed by atoms with van der Waals surface area (Å²) in [5, 5.41) is 8.88. The number of anilines is 1. The Hall–Kier alpha value is -2.13. The molecule has 0 unspecified atom stereocenters. The fourth-order valence-corrected chi connectivity index (χ4v) is 4.80. The first-order valence-electron chi connectivity index (χ1n) is 10.2. The number of esters is 1. The van der Waals surface area contributed by atoms with E-state index in [9.17, 15) is 4.79 Å². The van der Waals surface area contributed by atoms with Crippen LogP contribution < -0.4 is 4.90 Å². The van der Waals surface area contributed by atoms with Gasteiger partial charge in [-0.3, -0.25) is 9.69 Å². The smallest absolute Gasteiger partial charge is 0.312 e. The first kappa shape index (κ1) is 18.2. The SMILES string of the molecule is N#Cc1ccc(N2CCN(CC[C@@H]3CC4(CCCCC4)C(=O)O3)CC2)nc1. The van der Waals surface area contributed by atoms with E-state index in [1.165, 1.54) is 19.3 Å². The molecule has 0 N–H and O–H groups in total. The lowest BCUT2D eigenvalue weighted by molar-refractivity contribution is -0.150. The van der Waals surface area contributed by atoms with Crippen molar-refractivity contribution >= 4 is 11.8 Å². The van der Waals surface area contributed by atoms with E-state index in [-0.39, 0.29) is 17.5 Å². The van der Waals surface area contributed by atoms with Gasteiger partial charge in [-0.1, -0.05) is 19.3 Å². The van der Waals surface area contributed by atoms with Gasteiger partial charge in [-0.05, 0) is 31.4 Å². The van der Waals surface area contributed by atoms with Crippen LogP contribution in [0.3, 0.4) is 0 Å². The van der Waals surface area contributed by atoms with E-state index in [2.05, 4.69) is 20.9 Å². The Morgan fingerprint density at radius 1 is 1.19 bits per heavy atom. The summed E-state index contributed by atoms with van der Waals surface area (Å²) in [5.41, 5.74) is 0.447. The van der Waals surface area contributed by atoms with E-state index in [0.29, 0.717) is 5.56 Å².